The number of methoxy groups -OCH3 is 2. The highest BCUT2D eigenvalue weighted by molar-refractivity contribution is 6.32. The van der Waals surface area contributed by atoms with Gasteiger partial charge in [-0.15, -0.1) is 0 Å². The van der Waals surface area contributed by atoms with Crippen LogP contribution >= 0.6 is 11.6 Å². The van der Waals surface area contributed by atoms with Gasteiger partial charge < -0.3 is 19.7 Å². The Balaban J connectivity index is 2.61. The summed E-state index contributed by atoms with van der Waals surface area (Å²) in [4.78, 5) is 11.0. The first-order chi connectivity index (χ1) is 8.95. The third kappa shape index (κ3) is 2.30. The van der Waals surface area contributed by atoms with Crippen molar-refractivity contribution in [2.24, 2.45) is 0 Å². The molecule has 0 bridgehead atoms. The monoisotopic (exact) mass is 286 g/mol. The maximum Gasteiger partial charge on any atom is 0.304 e. The van der Waals surface area contributed by atoms with Gasteiger partial charge in [-0.2, -0.15) is 0 Å². The second-order valence-electron chi connectivity index (χ2n) is 4.67. The molecule has 6 heteroatoms. The van der Waals surface area contributed by atoms with E-state index in [0.29, 0.717) is 29.9 Å². The number of ether oxygens (including phenoxy) is 2. The van der Waals surface area contributed by atoms with Crippen LogP contribution in [0.2, 0.25) is 5.02 Å². The van der Waals surface area contributed by atoms with Crippen LogP contribution < -0.4 is 9.47 Å². The van der Waals surface area contributed by atoms with Crippen molar-refractivity contribution in [3.63, 3.8) is 0 Å². The molecule has 1 aromatic carbocycles. The Kier molecular flexibility index (Phi) is 3.49. The zero-order valence-electron chi connectivity index (χ0n) is 10.7. The molecule has 0 spiro atoms. The minimum atomic E-state index is -0.919. The fourth-order valence-electron chi connectivity index (χ4n) is 2.40. The van der Waals surface area contributed by atoms with Gasteiger partial charge in [-0.3, -0.25) is 4.79 Å². The molecule has 0 heterocycles. The number of carbonyl (C=O) groups is 1. The zero-order chi connectivity index (χ0) is 14.2. The number of phenolic OH excluding ortho intramolecular Hbond substituents is 1. The van der Waals surface area contributed by atoms with Crippen LogP contribution in [0.25, 0.3) is 0 Å². The van der Waals surface area contributed by atoms with Crippen molar-refractivity contribution in [1.82, 2.24) is 0 Å². The lowest BCUT2D eigenvalue weighted by Gasteiger charge is -2.21. The van der Waals surface area contributed by atoms with Crippen LogP contribution in [0, 0.1) is 0 Å². The molecule has 1 fully saturated rings. The lowest BCUT2D eigenvalue weighted by Crippen LogP contribution is -2.15. The summed E-state index contributed by atoms with van der Waals surface area (Å²) in [6.07, 6.45) is 1.28. The molecule has 0 amide bonds. The number of aliphatic carboxylic acids is 1. The predicted molar refractivity (Wildman–Crippen MR) is 69.4 cm³/mol. The fourth-order valence-corrected chi connectivity index (χ4v) is 2.59. The van der Waals surface area contributed by atoms with Crippen molar-refractivity contribution in [1.29, 1.82) is 0 Å². The fraction of sp³-hybridized carbons (Fsp3) is 0.462. The van der Waals surface area contributed by atoms with E-state index < -0.39 is 11.4 Å². The Hall–Kier alpha value is -1.62. The Morgan fingerprint density at radius 1 is 1.42 bits per heavy atom. The highest BCUT2D eigenvalue weighted by Crippen LogP contribution is 2.59. The first-order valence-electron chi connectivity index (χ1n) is 5.81. The number of carboxylic acids is 1. The third-order valence-corrected chi connectivity index (χ3v) is 3.76. The number of carboxylic acid groups (broad SMARTS) is 1. The van der Waals surface area contributed by atoms with Gasteiger partial charge in [0, 0.05) is 17.0 Å². The Labute approximate surface area is 115 Å². The number of phenols is 1. The molecule has 2 N–H and O–H groups in total. The number of hydrogen-bond donors (Lipinski definition) is 2. The van der Waals surface area contributed by atoms with Gasteiger partial charge in [0.1, 0.15) is 5.75 Å². The summed E-state index contributed by atoms with van der Waals surface area (Å²) in [6, 6.07) is 1.45. The van der Waals surface area contributed by atoms with Gasteiger partial charge in [0.2, 0.25) is 0 Å². The molecule has 1 aliphatic rings. The van der Waals surface area contributed by atoms with Gasteiger partial charge in [0.25, 0.3) is 0 Å². The molecule has 2 rings (SSSR count). The highest BCUT2D eigenvalue weighted by atomic mass is 35.5. The molecule has 0 radical (unpaired) electrons. The van der Waals surface area contributed by atoms with Crippen LogP contribution in [0.4, 0.5) is 0 Å². The standard InChI is InChI=1S/C13H15ClO5/c1-18-8-5-7(14)11(17)10(12(8)19-2)13(3-4-13)6-9(15)16/h5,17H,3-4,6H2,1-2H3,(H,15,16). The van der Waals surface area contributed by atoms with E-state index in [1.807, 2.05) is 0 Å². The van der Waals surface area contributed by atoms with Crippen molar-refractivity contribution in [3.05, 3.63) is 16.7 Å². The summed E-state index contributed by atoms with van der Waals surface area (Å²) >= 11 is 5.96. The van der Waals surface area contributed by atoms with Gasteiger partial charge in [-0.25, -0.2) is 0 Å². The average molecular weight is 287 g/mol. The van der Waals surface area contributed by atoms with Gasteiger partial charge >= 0.3 is 5.97 Å². The molecule has 0 saturated heterocycles. The number of rotatable bonds is 5. The molecule has 1 aromatic rings. The highest BCUT2D eigenvalue weighted by Gasteiger charge is 2.50. The van der Waals surface area contributed by atoms with Crippen LogP contribution in [0.1, 0.15) is 24.8 Å². The first kappa shape index (κ1) is 13.8. The van der Waals surface area contributed by atoms with E-state index in [9.17, 15) is 9.90 Å². The van der Waals surface area contributed by atoms with Crippen molar-refractivity contribution in [3.8, 4) is 17.2 Å². The normalized spacial score (nSPS) is 15.9. The van der Waals surface area contributed by atoms with Crippen molar-refractivity contribution < 1.29 is 24.5 Å². The summed E-state index contributed by atoms with van der Waals surface area (Å²) in [5.74, 6) is -0.309. The van der Waals surface area contributed by atoms with Crippen LogP contribution in [0.15, 0.2) is 6.07 Å². The Morgan fingerprint density at radius 3 is 2.47 bits per heavy atom. The smallest absolute Gasteiger partial charge is 0.304 e. The summed E-state index contributed by atoms with van der Waals surface area (Å²) in [6.45, 7) is 0. The number of hydrogen-bond acceptors (Lipinski definition) is 4. The Bertz CT molecular complexity index is 522. The predicted octanol–water partition coefficient (Wildman–Crippen LogP) is 2.57. The van der Waals surface area contributed by atoms with Crippen molar-refractivity contribution >= 4 is 17.6 Å². The van der Waals surface area contributed by atoms with E-state index in [1.54, 1.807) is 0 Å². The molecular formula is C13H15ClO5. The third-order valence-electron chi connectivity index (χ3n) is 3.47. The van der Waals surface area contributed by atoms with Crippen LogP contribution in [0.3, 0.4) is 0 Å². The molecule has 104 valence electrons. The van der Waals surface area contributed by atoms with Gasteiger partial charge in [0.15, 0.2) is 11.5 Å². The maximum absolute atomic E-state index is 11.0. The topological polar surface area (TPSA) is 76.0 Å². The minimum Gasteiger partial charge on any atom is -0.506 e. The van der Waals surface area contributed by atoms with Gasteiger partial charge in [-0.05, 0) is 12.8 Å². The first-order valence-corrected chi connectivity index (χ1v) is 6.18. The van der Waals surface area contributed by atoms with Gasteiger partial charge in [0.05, 0.1) is 25.7 Å². The molecule has 19 heavy (non-hydrogen) atoms. The average Bonchev–Trinajstić information content (AvgIpc) is 3.11. The van der Waals surface area contributed by atoms with E-state index in [1.165, 1.54) is 20.3 Å². The van der Waals surface area contributed by atoms with E-state index in [0.717, 1.165) is 0 Å². The maximum atomic E-state index is 11.0. The summed E-state index contributed by atoms with van der Waals surface area (Å²) < 4.78 is 10.4. The second-order valence-corrected chi connectivity index (χ2v) is 5.08. The minimum absolute atomic E-state index is 0.0690. The lowest BCUT2D eigenvalue weighted by atomic mass is 9.90. The quantitative estimate of drug-likeness (QED) is 0.870. The van der Waals surface area contributed by atoms with Crippen molar-refractivity contribution in [2.45, 2.75) is 24.7 Å². The molecule has 1 aliphatic carbocycles. The van der Waals surface area contributed by atoms with Crippen molar-refractivity contribution in [2.75, 3.05) is 14.2 Å². The molecule has 0 atom stereocenters. The molecule has 0 aliphatic heterocycles. The van der Waals surface area contributed by atoms with Crippen LogP contribution in [-0.4, -0.2) is 30.4 Å². The van der Waals surface area contributed by atoms with Gasteiger partial charge in [-0.1, -0.05) is 11.6 Å². The molecule has 5 nitrogen and oxygen atoms in total. The van der Waals surface area contributed by atoms with E-state index in [4.69, 9.17) is 26.2 Å². The van der Waals surface area contributed by atoms with Crippen LogP contribution in [0.5, 0.6) is 17.2 Å². The largest absolute Gasteiger partial charge is 0.506 e. The molecule has 1 saturated carbocycles. The summed E-state index contributed by atoms with van der Waals surface area (Å²) in [5, 5.41) is 19.3. The SMILES string of the molecule is COc1cc(Cl)c(O)c(C2(CC(=O)O)CC2)c1OC. The lowest BCUT2D eigenvalue weighted by molar-refractivity contribution is -0.137. The number of benzene rings is 1. The van der Waals surface area contributed by atoms with Crippen LogP contribution in [-0.2, 0) is 10.2 Å². The van der Waals surface area contributed by atoms with E-state index in [-0.39, 0.29) is 17.2 Å². The Morgan fingerprint density at radius 2 is 2.05 bits per heavy atom. The van der Waals surface area contributed by atoms with E-state index in [2.05, 4.69) is 0 Å². The molecular weight excluding hydrogens is 272 g/mol. The summed E-state index contributed by atoms with van der Waals surface area (Å²) in [5.41, 5.74) is -0.179. The molecule has 0 aromatic heterocycles. The number of halogens is 1. The number of aromatic hydroxyl groups is 1. The zero-order valence-corrected chi connectivity index (χ0v) is 11.5. The van der Waals surface area contributed by atoms with E-state index >= 15 is 0 Å². The summed E-state index contributed by atoms with van der Waals surface area (Å²) in [7, 11) is 2.91. The second kappa shape index (κ2) is 4.81. The molecule has 0 unspecified atom stereocenters.